The van der Waals surface area contributed by atoms with Crippen molar-refractivity contribution < 1.29 is 9.53 Å². The van der Waals surface area contributed by atoms with Gasteiger partial charge in [0.2, 0.25) is 0 Å². The quantitative estimate of drug-likeness (QED) is 0.727. The number of hydrogen-bond acceptors (Lipinski definition) is 4. The van der Waals surface area contributed by atoms with Gasteiger partial charge < -0.3 is 4.74 Å². The summed E-state index contributed by atoms with van der Waals surface area (Å²) in [4.78, 5) is 18.4. The number of aryl methyl sites for hydroxylation is 4. The summed E-state index contributed by atoms with van der Waals surface area (Å²) in [5.74, 6) is 0.789. The van der Waals surface area contributed by atoms with E-state index in [2.05, 4.69) is 17.4 Å². The number of amides is 1. The Labute approximate surface area is 156 Å². The Bertz CT molecular complexity index is 990. The van der Waals surface area contributed by atoms with Crippen LogP contribution in [0, 0.1) is 13.8 Å². The van der Waals surface area contributed by atoms with E-state index in [1.165, 1.54) is 10.4 Å². The number of carbonyl (C=O) groups excluding carboxylic acids is 1. The molecule has 0 saturated heterocycles. The number of aromatic nitrogens is 1. The van der Waals surface area contributed by atoms with Gasteiger partial charge in [0.15, 0.2) is 5.13 Å². The van der Waals surface area contributed by atoms with E-state index in [1.54, 1.807) is 18.4 Å². The van der Waals surface area contributed by atoms with Gasteiger partial charge in [-0.05, 0) is 62.1 Å². The first-order chi connectivity index (χ1) is 12.5. The number of fused-ring (bicyclic) bond motifs is 3. The second kappa shape index (κ2) is 6.57. The van der Waals surface area contributed by atoms with Crippen LogP contribution in [0.5, 0.6) is 5.75 Å². The summed E-state index contributed by atoms with van der Waals surface area (Å²) in [7, 11) is 1.70. The van der Waals surface area contributed by atoms with E-state index in [1.807, 2.05) is 38.1 Å². The fourth-order valence-corrected chi connectivity index (χ4v) is 4.26. The molecule has 5 heteroatoms. The molecule has 26 heavy (non-hydrogen) atoms. The maximum absolute atomic E-state index is 12.5. The van der Waals surface area contributed by atoms with Gasteiger partial charge in [-0.15, -0.1) is 11.3 Å². The first kappa shape index (κ1) is 16.8. The van der Waals surface area contributed by atoms with Gasteiger partial charge in [-0.1, -0.05) is 17.7 Å². The van der Waals surface area contributed by atoms with Crippen LogP contribution in [0.15, 0.2) is 36.4 Å². The zero-order chi connectivity index (χ0) is 18.3. The molecule has 3 aromatic rings. The number of nitrogens with zero attached hydrogens (tertiary/aromatic N) is 1. The van der Waals surface area contributed by atoms with Crippen LogP contribution in [-0.4, -0.2) is 18.0 Å². The molecule has 0 spiro atoms. The van der Waals surface area contributed by atoms with E-state index < -0.39 is 0 Å². The number of nitrogens with one attached hydrogen (secondary N) is 1. The lowest BCUT2D eigenvalue weighted by molar-refractivity contribution is 0.102. The first-order valence-electron chi connectivity index (χ1n) is 8.61. The molecule has 0 saturated carbocycles. The number of carbonyl (C=O) groups is 1. The van der Waals surface area contributed by atoms with Gasteiger partial charge in [-0.25, -0.2) is 4.98 Å². The smallest absolute Gasteiger partial charge is 0.257 e. The highest BCUT2D eigenvalue weighted by molar-refractivity contribution is 7.16. The predicted molar refractivity (Wildman–Crippen MR) is 105 cm³/mol. The van der Waals surface area contributed by atoms with Crippen molar-refractivity contribution in [3.05, 3.63) is 63.5 Å². The minimum atomic E-state index is -0.123. The van der Waals surface area contributed by atoms with Gasteiger partial charge >= 0.3 is 0 Å². The van der Waals surface area contributed by atoms with Crippen molar-refractivity contribution >= 4 is 22.4 Å². The molecule has 132 valence electrons. The molecule has 1 heterocycles. The Hall–Kier alpha value is -2.66. The Kier molecular flexibility index (Phi) is 4.24. The van der Waals surface area contributed by atoms with Crippen LogP contribution in [0.25, 0.3) is 11.3 Å². The predicted octanol–water partition coefficient (Wildman–Crippen LogP) is 4.79. The maximum atomic E-state index is 12.5. The van der Waals surface area contributed by atoms with Crippen LogP contribution in [0.3, 0.4) is 0 Å². The molecular weight excluding hydrogens is 344 g/mol. The minimum Gasteiger partial charge on any atom is -0.496 e. The monoisotopic (exact) mass is 364 g/mol. The summed E-state index contributed by atoms with van der Waals surface area (Å²) < 4.78 is 5.44. The van der Waals surface area contributed by atoms with Crippen molar-refractivity contribution in [1.82, 2.24) is 4.98 Å². The molecule has 0 fully saturated rings. The molecule has 0 bridgehead atoms. The number of rotatable bonds is 3. The third-order valence-electron chi connectivity index (χ3n) is 4.73. The highest BCUT2D eigenvalue weighted by Gasteiger charge is 2.23. The lowest BCUT2D eigenvalue weighted by Crippen LogP contribution is -2.11. The number of ether oxygens (including phenoxy) is 1. The Morgan fingerprint density at radius 2 is 1.92 bits per heavy atom. The molecule has 1 aliphatic carbocycles. The van der Waals surface area contributed by atoms with E-state index in [-0.39, 0.29) is 5.91 Å². The van der Waals surface area contributed by atoms with Crippen LogP contribution < -0.4 is 10.1 Å². The Balaban J connectivity index is 1.64. The van der Waals surface area contributed by atoms with E-state index in [9.17, 15) is 4.79 Å². The highest BCUT2D eigenvalue weighted by atomic mass is 32.1. The van der Waals surface area contributed by atoms with Gasteiger partial charge in [0.1, 0.15) is 5.75 Å². The van der Waals surface area contributed by atoms with Crippen LogP contribution in [-0.2, 0) is 12.8 Å². The molecule has 1 aliphatic rings. The van der Waals surface area contributed by atoms with Crippen molar-refractivity contribution in [3.8, 4) is 17.0 Å². The molecule has 0 unspecified atom stereocenters. The lowest BCUT2D eigenvalue weighted by atomic mass is 9.91. The molecular formula is C21H20N2O2S. The summed E-state index contributed by atoms with van der Waals surface area (Å²) in [5, 5.41) is 3.60. The molecule has 0 aliphatic heterocycles. The first-order valence-corrected chi connectivity index (χ1v) is 9.42. The number of anilines is 1. The summed E-state index contributed by atoms with van der Waals surface area (Å²) >= 11 is 1.57. The van der Waals surface area contributed by atoms with Crippen LogP contribution in [0.4, 0.5) is 5.13 Å². The van der Waals surface area contributed by atoms with Gasteiger partial charge in [-0.3, -0.25) is 10.1 Å². The SMILES string of the molecule is COc1cc2c(cc1C)-c1nc(NC(=O)c3ccc(C)cc3)sc1CC2. The summed E-state index contributed by atoms with van der Waals surface area (Å²) in [6.45, 7) is 4.05. The van der Waals surface area contributed by atoms with Crippen LogP contribution in [0.2, 0.25) is 0 Å². The van der Waals surface area contributed by atoms with Crippen LogP contribution >= 0.6 is 11.3 Å². The normalized spacial score (nSPS) is 12.3. The lowest BCUT2D eigenvalue weighted by Gasteiger charge is -2.17. The van der Waals surface area contributed by atoms with E-state index in [0.29, 0.717) is 10.7 Å². The molecule has 2 aromatic carbocycles. The van der Waals surface area contributed by atoms with E-state index in [0.717, 1.165) is 41.0 Å². The molecule has 1 aromatic heterocycles. The fraction of sp³-hybridized carbons (Fsp3) is 0.238. The molecule has 0 radical (unpaired) electrons. The molecule has 4 nitrogen and oxygen atoms in total. The minimum absolute atomic E-state index is 0.123. The number of hydrogen-bond donors (Lipinski definition) is 1. The second-order valence-corrected chi connectivity index (χ2v) is 7.67. The largest absolute Gasteiger partial charge is 0.496 e. The topological polar surface area (TPSA) is 51.2 Å². The number of thiazole rings is 1. The molecule has 1 amide bonds. The number of methoxy groups -OCH3 is 1. The molecule has 4 rings (SSSR count). The van der Waals surface area contributed by atoms with Gasteiger partial charge in [-0.2, -0.15) is 0 Å². The van der Waals surface area contributed by atoms with Crippen molar-refractivity contribution in [3.63, 3.8) is 0 Å². The molecule has 0 atom stereocenters. The zero-order valence-electron chi connectivity index (χ0n) is 15.1. The van der Waals surface area contributed by atoms with E-state index in [4.69, 9.17) is 9.72 Å². The zero-order valence-corrected chi connectivity index (χ0v) is 15.9. The average Bonchev–Trinajstić information content (AvgIpc) is 3.04. The van der Waals surface area contributed by atoms with Gasteiger partial charge in [0.25, 0.3) is 5.91 Å². The van der Waals surface area contributed by atoms with Gasteiger partial charge in [0.05, 0.1) is 12.8 Å². The van der Waals surface area contributed by atoms with Crippen molar-refractivity contribution in [2.75, 3.05) is 12.4 Å². The average molecular weight is 364 g/mol. The highest BCUT2D eigenvalue weighted by Crippen LogP contribution is 2.40. The van der Waals surface area contributed by atoms with Crippen molar-refractivity contribution in [2.24, 2.45) is 0 Å². The van der Waals surface area contributed by atoms with Crippen molar-refractivity contribution in [1.29, 1.82) is 0 Å². The van der Waals surface area contributed by atoms with Gasteiger partial charge in [0, 0.05) is 16.0 Å². The third-order valence-corrected chi connectivity index (χ3v) is 5.76. The number of benzene rings is 2. The third kappa shape index (κ3) is 2.99. The van der Waals surface area contributed by atoms with E-state index >= 15 is 0 Å². The Morgan fingerprint density at radius 3 is 2.65 bits per heavy atom. The molecule has 1 N–H and O–H groups in total. The summed E-state index contributed by atoms with van der Waals surface area (Å²) in [6.07, 6.45) is 1.90. The summed E-state index contributed by atoms with van der Waals surface area (Å²) in [6, 6.07) is 11.8. The Morgan fingerprint density at radius 1 is 1.15 bits per heavy atom. The standard InChI is InChI=1S/C21H20N2O2S/c1-12-4-6-14(7-5-12)20(24)23-21-22-19-16-10-13(2)17(25-3)11-15(16)8-9-18(19)26-21/h4-7,10-11H,8-9H2,1-3H3,(H,22,23,24). The maximum Gasteiger partial charge on any atom is 0.257 e. The summed E-state index contributed by atoms with van der Waals surface area (Å²) in [5.41, 5.74) is 6.26. The fourth-order valence-electron chi connectivity index (χ4n) is 3.28. The second-order valence-electron chi connectivity index (χ2n) is 6.59. The van der Waals surface area contributed by atoms with Crippen LogP contribution in [0.1, 0.15) is 31.9 Å². The van der Waals surface area contributed by atoms with Crippen molar-refractivity contribution in [2.45, 2.75) is 26.7 Å².